The van der Waals surface area contributed by atoms with Crippen molar-refractivity contribution in [2.75, 3.05) is 0 Å². The van der Waals surface area contributed by atoms with Gasteiger partial charge in [0, 0.05) is 6.42 Å². The van der Waals surface area contributed by atoms with E-state index in [0.717, 1.165) is 19.3 Å². The normalized spacial score (nSPS) is 12.7. The lowest BCUT2D eigenvalue weighted by molar-refractivity contribution is 0.114. The molecular weight excluding hydrogens is 208 g/mol. The van der Waals surface area contributed by atoms with Gasteiger partial charge in [-0.15, -0.1) is 5.92 Å². The maximum absolute atomic E-state index is 9.73. The Balaban J connectivity index is 2.28. The van der Waals surface area contributed by atoms with Crippen molar-refractivity contribution in [3.05, 3.63) is 35.9 Å². The van der Waals surface area contributed by atoms with Crippen LogP contribution < -0.4 is 0 Å². The highest BCUT2D eigenvalue weighted by molar-refractivity contribution is 5.15. The van der Waals surface area contributed by atoms with Crippen LogP contribution in [0.5, 0.6) is 0 Å². The Bertz CT molecular complexity index is 375. The van der Waals surface area contributed by atoms with E-state index in [9.17, 15) is 5.11 Å². The first kappa shape index (κ1) is 13.8. The highest BCUT2D eigenvalue weighted by atomic mass is 16.3. The Morgan fingerprint density at radius 3 is 2.41 bits per heavy atom. The van der Waals surface area contributed by atoms with Crippen LogP contribution in [-0.2, 0) is 6.42 Å². The molecule has 0 aliphatic rings. The van der Waals surface area contributed by atoms with Crippen LogP contribution in [0.25, 0.3) is 0 Å². The van der Waals surface area contributed by atoms with Gasteiger partial charge < -0.3 is 5.11 Å². The number of rotatable bonds is 3. The zero-order valence-corrected chi connectivity index (χ0v) is 11.0. The number of benzene rings is 1. The summed E-state index contributed by atoms with van der Waals surface area (Å²) in [6, 6.07) is 10.4. The lowest BCUT2D eigenvalue weighted by Gasteiger charge is -2.20. The van der Waals surface area contributed by atoms with Crippen LogP contribution in [0.15, 0.2) is 30.3 Å². The summed E-state index contributed by atoms with van der Waals surface area (Å²) in [5.41, 5.74) is 1.21. The highest BCUT2D eigenvalue weighted by Crippen LogP contribution is 2.18. The minimum atomic E-state index is -0.528. The van der Waals surface area contributed by atoms with Crippen LogP contribution in [0.4, 0.5) is 0 Å². The molecule has 0 aromatic heterocycles. The summed E-state index contributed by atoms with van der Waals surface area (Å²) in [7, 11) is 0. The van der Waals surface area contributed by atoms with Crippen LogP contribution in [0, 0.1) is 17.3 Å². The standard InChI is InChI=1S/C16H22O/c1-16(2,3)15(17)13-9-5-8-12-14-10-6-4-7-11-14/h4,6-7,10-11,15,17H,5,8,12H2,1-3H3/t15-/m0/s1. The van der Waals surface area contributed by atoms with E-state index >= 15 is 0 Å². The van der Waals surface area contributed by atoms with Gasteiger partial charge in [0.15, 0.2) is 0 Å². The molecule has 0 unspecified atom stereocenters. The molecule has 92 valence electrons. The van der Waals surface area contributed by atoms with Crippen molar-refractivity contribution in [1.29, 1.82) is 0 Å². The van der Waals surface area contributed by atoms with Gasteiger partial charge in [0.05, 0.1) is 0 Å². The number of aryl methyl sites for hydroxylation is 1. The lowest BCUT2D eigenvalue weighted by Crippen LogP contribution is -2.23. The molecule has 0 aliphatic heterocycles. The maximum Gasteiger partial charge on any atom is 0.119 e. The molecule has 0 radical (unpaired) electrons. The highest BCUT2D eigenvalue weighted by Gasteiger charge is 2.19. The molecule has 1 rings (SSSR count). The smallest absolute Gasteiger partial charge is 0.119 e. The van der Waals surface area contributed by atoms with E-state index in [1.54, 1.807) is 0 Å². The predicted octanol–water partition coefficient (Wildman–Crippen LogP) is 3.42. The molecule has 0 saturated carbocycles. The quantitative estimate of drug-likeness (QED) is 0.623. The third-order valence-corrected chi connectivity index (χ3v) is 2.67. The molecule has 1 atom stereocenters. The summed E-state index contributed by atoms with van der Waals surface area (Å²) < 4.78 is 0. The number of aliphatic hydroxyl groups excluding tert-OH is 1. The van der Waals surface area contributed by atoms with Crippen LogP contribution >= 0.6 is 0 Å². The second kappa shape index (κ2) is 6.47. The molecule has 0 spiro atoms. The van der Waals surface area contributed by atoms with Crippen LogP contribution in [0.2, 0.25) is 0 Å². The molecule has 17 heavy (non-hydrogen) atoms. The van der Waals surface area contributed by atoms with E-state index in [2.05, 4.69) is 36.1 Å². The van der Waals surface area contributed by atoms with E-state index in [0.29, 0.717) is 0 Å². The molecule has 1 aromatic rings. The van der Waals surface area contributed by atoms with Crippen LogP contribution in [0.1, 0.15) is 39.2 Å². The van der Waals surface area contributed by atoms with Gasteiger partial charge in [-0.25, -0.2) is 0 Å². The zero-order chi connectivity index (χ0) is 12.7. The minimum Gasteiger partial charge on any atom is -0.380 e. The van der Waals surface area contributed by atoms with E-state index in [1.165, 1.54) is 5.56 Å². The third kappa shape index (κ3) is 5.56. The van der Waals surface area contributed by atoms with Gasteiger partial charge in [0.2, 0.25) is 0 Å². The Hall–Kier alpha value is -1.26. The molecule has 1 heteroatoms. The molecule has 1 aromatic carbocycles. The molecule has 0 heterocycles. The Kier molecular flexibility index (Phi) is 5.25. The van der Waals surface area contributed by atoms with E-state index in [1.807, 2.05) is 26.8 Å². The fourth-order valence-corrected chi connectivity index (χ4v) is 1.41. The molecule has 1 N–H and O–H groups in total. The Morgan fingerprint density at radius 2 is 1.82 bits per heavy atom. The number of unbranched alkanes of at least 4 members (excludes halogenated alkanes) is 1. The van der Waals surface area contributed by atoms with Crippen molar-refractivity contribution in [3.8, 4) is 11.8 Å². The summed E-state index contributed by atoms with van der Waals surface area (Å²) in [5.74, 6) is 5.98. The summed E-state index contributed by atoms with van der Waals surface area (Å²) in [6.45, 7) is 5.99. The minimum absolute atomic E-state index is 0.146. The Labute approximate surface area is 105 Å². The fourth-order valence-electron chi connectivity index (χ4n) is 1.41. The zero-order valence-electron chi connectivity index (χ0n) is 11.0. The average Bonchev–Trinajstić information content (AvgIpc) is 2.28. The van der Waals surface area contributed by atoms with Gasteiger partial charge in [-0.1, -0.05) is 57.0 Å². The summed E-state index contributed by atoms with van der Waals surface area (Å²) in [6.07, 6.45) is 2.43. The number of hydrogen-bond acceptors (Lipinski definition) is 1. The van der Waals surface area contributed by atoms with Crippen molar-refractivity contribution in [2.45, 2.75) is 46.1 Å². The monoisotopic (exact) mass is 230 g/mol. The number of hydrogen-bond donors (Lipinski definition) is 1. The molecule has 0 fully saturated rings. The second-order valence-corrected chi connectivity index (χ2v) is 5.43. The molecule has 0 aliphatic carbocycles. The van der Waals surface area contributed by atoms with Crippen molar-refractivity contribution in [3.63, 3.8) is 0 Å². The molecule has 0 bridgehead atoms. The van der Waals surface area contributed by atoms with Crippen LogP contribution in [-0.4, -0.2) is 11.2 Å². The van der Waals surface area contributed by atoms with Gasteiger partial charge in [-0.05, 0) is 23.8 Å². The molecule has 0 amide bonds. The SMILES string of the molecule is CC(C)(C)[C@@H](O)C#CCCCc1ccccc1. The van der Waals surface area contributed by atoms with E-state index < -0.39 is 6.10 Å². The van der Waals surface area contributed by atoms with Crippen molar-refractivity contribution < 1.29 is 5.11 Å². The van der Waals surface area contributed by atoms with Gasteiger partial charge in [0.1, 0.15) is 6.10 Å². The molecule has 0 saturated heterocycles. The van der Waals surface area contributed by atoms with Crippen molar-refractivity contribution in [2.24, 2.45) is 5.41 Å². The van der Waals surface area contributed by atoms with Gasteiger partial charge in [-0.3, -0.25) is 0 Å². The Morgan fingerprint density at radius 1 is 1.18 bits per heavy atom. The van der Waals surface area contributed by atoms with E-state index in [-0.39, 0.29) is 5.41 Å². The first-order valence-electron chi connectivity index (χ1n) is 6.20. The van der Waals surface area contributed by atoms with Gasteiger partial charge in [0.25, 0.3) is 0 Å². The molecule has 1 nitrogen and oxygen atoms in total. The van der Waals surface area contributed by atoms with Crippen molar-refractivity contribution in [1.82, 2.24) is 0 Å². The summed E-state index contributed by atoms with van der Waals surface area (Å²) in [5, 5.41) is 9.73. The summed E-state index contributed by atoms with van der Waals surface area (Å²) >= 11 is 0. The number of aliphatic hydroxyl groups is 1. The topological polar surface area (TPSA) is 20.2 Å². The predicted molar refractivity (Wildman–Crippen MR) is 72.6 cm³/mol. The fraction of sp³-hybridized carbons (Fsp3) is 0.500. The first-order valence-corrected chi connectivity index (χ1v) is 6.20. The largest absolute Gasteiger partial charge is 0.380 e. The second-order valence-electron chi connectivity index (χ2n) is 5.43. The summed E-state index contributed by atoms with van der Waals surface area (Å²) in [4.78, 5) is 0. The van der Waals surface area contributed by atoms with E-state index in [4.69, 9.17) is 0 Å². The third-order valence-electron chi connectivity index (χ3n) is 2.67. The molecular formula is C16H22O. The first-order chi connectivity index (χ1) is 8.00. The van der Waals surface area contributed by atoms with Crippen molar-refractivity contribution >= 4 is 0 Å². The average molecular weight is 230 g/mol. The van der Waals surface area contributed by atoms with Gasteiger partial charge >= 0.3 is 0 Å². The maximum atomic E-state index is 9.73. The lowest BCUT2D eigenvalue weighted by atomic mass is 9.89. The van der Waals surface area contributed by atoms with Crippen LogP contribution in [0.3, 0.4) is 0 Å². The van der Waals surface area contributed by atoms with Gasteiger partial charge in [-0.2, -0.15) is 0 Å².